The van der Waals surface area contributed by atoms with Crippen molar-refractivity contribution in [3.8, 4) is 23.8 Å². The van der Waals surface area contributed by atoms with Crippen LogP contribution >= 0.6 is 0 Å². The van der Waals surface area contributed by atoms with E-state index >= 15 is 0 Å². The number of rotatable bonds is 8. The Morgan fingerprint density at radius 2 is 2.11 bits per heavy atom. The van der Waals surface area contributed by atoms with Crippen molar-refractivity contribution in [2.75, 3.05) is 20.3 Å². The van der Waals surface area contributed by atoms with Crippen molar-refractivity contribution in [3.63, 3.8) is 0 Å². The van der Waals surface area contributed by atoms with Crippen LogP contribution in [0.1, 0.15) is 25.3 Å². The zero-order chi connectivity index (χ0) is 13.2. The van der Waals surface area contributed by atoms with Gasteiger partial charge >= 0.3 is 0 Å². The number of hydrogen-bond acceptors (Lipinski definition) is 3. The standard InChI is InChI=1S/C15H21NO2/c1-4-6-10-18-15-11-14(17-9-5-2)8-7-13(15)12-16-3/h1,7-8,11,16H,5-6,9-10,12H2,2-3H3. The van der Waals surface area contributed by atoms with Crippen molar-refractivity contribution in [2.45, 2.75) is 26.3 Å². The predicted molar refractivity (Wildman–Crippen MR) is 73.9 cm³/mol. The molecule has 0 aliphatic rings. The van der Waals surface area contributed by atoms with E-state index in [-0.39, 0.29) is 0 Å². The fourth-order valence-electron chi connectivity index (χ4n) is 1.54. The van der Waals surface area contributed by atoms with Gasteiger partial charge in [0, 0.05) is 24.6 Å². The van der Waals surface area contributed by atoms with Gasteiger partial charge in [-0.15, -0.1) is 12.3 Å². The highest BCUT2D eigenvalue weighted by atomic mass is 16.5. The molecule has 18 heavy (non-hydrogen) atoms. The third-order valence-corrected chi connectivity index (χ3v) is 2.38. The molecule has 0 spiro atoms. The van der Waals surface area contributed by atoms with Gasteiger partial charge in [-0.25, -0.2) is 0 Å². The van der Waals surface area contributed by atoms with E-state index < -0.39 is 0 Å². The van der Waals surface area contributed by atoms with Crippen LogP contribution in [0.3, 0.4) is 0 Å². The molecule has 1 aromatic carbocycles. The average molecular weight is 247 g/mol. The Kier molecular flexibility index (Phi) is 6.75. The lowest BCUT2D eigenvalue weighted by Crippen LogP contribution is -2.08. The molecule has 0 saturated carbocycles. The molecule has 0 saturated heterocycles. The summed E-state index contributed by atoms with van der Waals surface area (Å²) in [5.41, 5.74) is 1.11. The van der Waals surface area contributed by atoms with Crippen LogP contribution in [0.25, 0.3) is 0 Å². The largest absolute Gasteiger partial charge is 0.493 e. The monoisotopic (exact) mass is 247 g/mol. The molecule has 0 aliphatic heterocycles. The van der Waals surface area contributed by atoms with Gasteiger partial charge in [0.2, 0.25) is 0 Å². The van der Waals surface area contributed by atoms with Gasteiger partial charge in [0.1, 0.15) is 11.5 Å². The summed E-state index contributed by atoms with van der Waals surface area (Å²) in [7, 11) is 1.91. The van der Waals surface area contributed by atoms with Crippen LogP contribution in [0.15, 0.2) is 18.2 Å². The number of terminal acetylenes is 1. The average Bonchev–Trinajstić information content (AvgIpc) is 2.39. The molecule has 0 aliphatic carbocycles. The first-order valence-corrected chi connectivity index (χ1v) is 6.28. The second kappa shape index (κ2) is 8.43. The number of ether oxygens (including phenoxy) is 2. The second-order valence-corrected chi connectivity index (χ2v) is 3.95. The number of nitrogens with one attached hydrogen (secondary N) is 1. The summed E-state index contributed by atoms with van der Waals surface area (Å²) in [5, 5.41) is 3.12. The fraction of sp³-hybridized carbons (Fsp3) is 0.467. The van der Waals surface area contributed by atoms with E-state index in [4.69, 9.17) is 15.9 Å². The Balaban J connectivity index is 2.75. The zero-order valence-electron chi connectivity index (χ0n) is 11.2. The Morgan fingerprint density at radius 1 is 1.28 bits per heavy atom. The van der Waals surface area contributed by atoms with Crippen LogP contribution in [-0.2, 0) is 6.54 Å². The first kappa shape index (κ1) is 14.4. The molecular formula is C15H21NO2. The van der Waals surface area contributed by atoms with Crippen molar-refractivity contribution in [1.29, 1.82) is 0 Å². The molecule has 1 aromatic rings. The number of benzene rings is 1. The highest BCUT2D eigenvalue weighted by Crippen LogP contribution is 2.25. The summed E-state index contributed by atoms with van der Waals surface area (Å²) < 4.78 is 11.3. The van der Waals surface area contributed by atoms with E-state index in [0.717, 1.165) is 36.6 Å². The summed E-state index contributed by atoms with van der Waals surface area (Å²) in [6, 6.07) is 5.92. The van der Waals surface area contributed by atoms with Gasteiger partial charge in [0.15, 0.2) is 0 Å². The minimum absolute atomic E-state index is 0.532. The molecule has 3 heteroatoms. The molecule has 0 atom stereocenters. The highest BCUT2D eigenvalue weighted by Gasteiger charge is 2.05. The van der Waals surface area contributed by atoms with Crippen LogP contribution < -0.4 is 14.8 Å². The van der Waals surface area contributed by atoms with Crippen molar-refractivity contribution in [2.24, 2.45) is 0 Å². The van der Waals surface area contributed by atoms with Crippen LogP contribution in [-0.4, -0.2) is 20.3 Å². The van der Waals surface area contributed by atoms with Crippen molar-refractivity contribution in [3.05, 3.63) is 23.8 Å². The van der Waals surface area contributed by atoms with E-state index in [1.807, 2.05) is 25.2 Å². The Hall–Kier alpha value is -1.66. The van der Waals surface area contributed by atoms with Crippen molar-refractivity contribution in [1.82, 2.24) is 5.32 Å². The van der Waals surface area contributed by atoms with Gasteiger partial charge in [-0.05, 0) is 19.5 Å². The number of hydrogen-bond donors (Lipinski definition) is 1. The molecule has 0 radical (unpaired) electrons. The Labute approximate surface area is 109 Å². The quantitative estimate of drug-likeness (QED) is 0.566. The molecule has 98 valence electrons. The fourth-order valence-corrected chi connectivity index (χ4v) is 1.54. The molecule has 1 N–H and O–H groups in total. The Bertz CT molecular complexity index is 396. The van der Waals surface area contributed by atoms with Gasteiger partial charge in [-0.2, -0.15) is 0 Å². The van der Waals surface area contributed by atoms with E-state index in [1.54, 1.807) is 0 Å². The minimum atomic E-state index is 0.532. The van der Waals surface area contributed by atoms with Crippen LogP contribution in [0.2, 0.25) is 0 Å². The zero-order valence-corrected chi connectivity index (χ0v) is 11.2. The van der Waals surface area contributed by atoms with E-state index in [1.165, 1.54) is 0 Å². The second-order valence-electron chi connectivity index (χ2n) is 3.95. The first-order valence-electron chi connectivity index (χ1n) is 6.28. The van der Waals surface area contributed by atoms with E-state index in [9.17, 15) is 0 Å². The topological polar surface area (TPSA) is 30.5 Å². The molecule has 0 amide bonds. The van der Waals surface area contributed by atoms with Crippen LogP contribution in [0.4, 0.5) is 0 Å². The minimum Gasteiger partial charge on any atom is -0.493 e. The Morgan fingerprint density at radius 3 is 2.78 bits per heavy atom. The lowest BCUT2D eigenvalue weighted by Gasteiger charge is -2.13. The molecule has 0 heterocycles. The van der Waals surface area contributed by atoms with Crippen molar-refractivity contribution < 1.29 is 9.47 Å². The first-order chi connectivity index (χ1) is 8.81. The summed E-state index contributed by atoms with van der Waals surface area (Å²) >= 11 is 0. The molecule has 0 fully saturated rings. The molecular weight excluding hydrogens is 226 g/mol. The normalized spacial score (nSPS) is 9.83. The predicted octanol–water partition coefficient (Wildman–Crippen LogP) is 2.60. The van der Waals surface area contributed by atoms with Gasteiger partial charge < -0.3 is 14.8 Å². The van der Waals surface area contributed by atoms with Gasteiger partial charge in [0.05, 0.1) is 13.2 Å². The lowest BCUT2D eigenvalue weighted by atomic mass is 10.2. The third kappa shape index (κ3) is 4.68. The van der Waals surface area contributed by atoms with Crippen LogP contribution in [0, 0.1) is 12.3 Å². The maximum absolute atomic E-state index is 5.69. The molecule has 3 nitrogen and oxygen atoms in total. The van der Waals surface area contributed by atoms with Gasteiger partial charge in [-0.1, -0.05) is 13.0 Å². The maximum atomic E-state index is 5.69. The van der Waals surface area contributed by atoms with E-state index in [2.05, 4.69) is 18.2 Å². The van der Waals surface area contributed by atoms with Gasteiger partial charge in [0.25, 0.3) is 0 Å². The van der Waals surface area contributed by atoms with Crippen LogP contribution in [0.5, 0.6) is 11.5 Å². The van der Waals surface area contributed by atoms with E-state index in [0.29, 0.717) is 13.0 Å². The summed E-state index contributed by atoms with van der Waals surface area (Å²) in [6.07, 6.45) is 6.82. The molecule has 0 unspecified atom stereocenters. The lowest BCUT2D eigenvalue weighted by molar-refractivity contribution is 0.303. The molecule has 0 bridgehead atoms. The van der Waals surface area contributed by atoms with Crippen molar-refractivity contribution >= 4 is 0 Å². The van der Waals surface area contributed by atoms with Gasteiger partial charge in [-0.3, -0.25) is 0 Å². The summed E-state index contributed by atoms with van der Waals surface area (Å²) in [4.78, 5) is 0. The third-order valence-electron chi connectivity index (χ3n) is 2.38. The summed E-state index contributed by atoms with van der Waals surface area (Å²) in [6.45, 7) is 4.10. The SMILES string of the molecule is C#CCCOc1cc(OCCC)ccc1CNC. The maximum Gasteiger partial charge on any atom is 0.127 e. The molecule has 1 rings (SSSR count). The highest BCUT2D eigenvalue weighted by molar-refractivity contribution is 5.40. The molecule has 0 aromatic heterocycles. The smallest absolute Gasteiger partial charge is 0.127 e. The summed E-state index contributed by atoms with van der Waals surface area (Å²) in [5.74, 6) is 4.25.